The van der Waals surface area contributed by atoms with Crippen LogP contribution in [-0.4, -0.2) is 12.6 Å². The Balaban J connectivity index is 2.05. The fourth-order valence-electron chi connectivity index (χ4n) is 3.34. The fourth-order valence-corrected chi connectivity index (χ4v) is 3.34. The number of carbonyl (C=O) groups is 1. The molecule has 0 radical (unpaired) electrons. The molecular weight excluding hydrogens is 264 g/mol. The van der Waals surface area contributed by atoms with Gasteiger partial charge in [0.25, 0.3) is 0 Å². The van der Waals surface area contributed by atoms with Crippen molar-refractivity contribution in [2.24, 2.45) is 16.1 Å². The Morgan fingerprint density at radius 2 is 2.24 bits per heavy atom. The van der Waals surface area contributed by atoms with Gasteiger partial charge in [-0.25, -0.2) is 4.79 Å². The molecule has 3 aliphatic rings. The lowest BCUT2D eigenvalue weighted by atomic mass is 9.85. The number of hydrogen-bond donors (Lipinski definition) is 0. The minimum absolute atomic E-state index is 0.144. The highest BCUT2D eigenvalue weighted by atomic mass is 16.5. The Morgan fingerprint density at radius 1 is 1.38 bits per heavy atom. The van der Waals surface area contributed by atoms with Crippen molar-refractivity contribution in [3.05, 3.63) is 52.0 Å². The van der Waals surface area contributed by atoms with Gasteiger partial charge in [0.2, 0.25) is 0 Å². The monoisotopic (exact) mass is 278 g/mol. The third-order valence-electron chi connectivity index (χ3n) is 4.14. The smallest absolute Gasteiger partial charge is 0.338 e. The van der Waals surface area contributed by atoms with E-state index in [0.29, 0.717) is 12.2 Å². The van der Waals surface area contributed by atoms with Crippen LogP contribution in [0.25, 0.3) is 16.8 Å². The van der Waals surface area contributed by atoms with Gasteiger partial charge in [-0.1, -0.05) is 31.2 Å². The highest BCUT2D eigenvalue weighted by Gasteiger charge is 2.32. The third kappa shape index (κ3) is 1.53. The summed E-state index contributed by atoms with van der Waals surface area (Å²) in [6.45, 7) is 4.30. The summed E-state index contributed by atoms with van der Waals surface area (Å²) < 4.78 is 5.20. The summed E-state index contributed by atoms with van der Waals surface area (Å²) in [4.78, 5) is 12.2. The summed E-state index contributed by atoms with van der Waals surface area (Å²) in [7, 11) is 0. The fraction of sp³-hybridized carbons (Fsp3) is 0.235. The van der Waals surface area contributed by atoms with Crippen LogP contribution in [0, 0.1) is 5.92 Å². The van der Waals surface area contributed by atoms with Crippen molar-refractivity contribution in [1.82, 2.24) is 0 Å². The summed E-state index contributed by atoms with van der Waals surface area (Å²) in [5, 5.41) is 10.5. The quantitative estimate of drug-likeness (QED) is 0.776. The van der Waals surface area contributed by atoms with Crippen molar-refractivity contribution in [3.63, 3.8) is 0 Å². The second kappa shape index (κ2) is 4.25. The van der Waals surface area contributed by atoms with Crippen molar-refractivity contribution in [2.45, 2.75) is 13.8 Å². The maximum atomic E-state index is 12.2. The van der Waals surface area contributed by atoms with E-state index < -0.39 is 0 Å². The normalized spacial score (nSPS) is 21.0. The number of hydrogen-bond acceptors (Lipinski definition) is 4. The molecule has 4 nitrogen and oxygen atoms in total. The number of allylic oxidation sites excluding steroid dienone is 1. The number of fused-ring (bicyclic) bond motifs is 2. The van der Waals surface area contributed by atoms with E-state index in [1.807, 2.05) is 37.4 Å². The van der Waals surface area contributed by atoms with Gasteiger partial charge in [0.05, 0.1) is 18.4 Å². The van der Waals surface area contributed by atoms with Crippen LogP contribution in [-0.2, 0) is 9.53 Å². The van der Waals surface area contributed by atoms with Crippen molar-refractivity contribution in [3.8, 4) is 0 Å². The van der Waals surface area contributed by atoms with Gasteiger partial charge in [0.15, 0.2) is 0 Å². The average Bonchev–Trinajstić information content (AvgIpc) is 3.05. The largest absolute Gasteiger partial charge is 0.462 e. The van der Waals surface area contributed by atoms with Gasteiger partial charge < -0.3 is 4.74 Å². The van der Waals surface area contributed by atoms with Gasteiger partial charge >= 0.3 is 5.97 Å². The van der Waals surface area contributed by atoms with Crippen LogP contribution in [0.2, 0.25) is 0 Å². The Bertz CT molecular complexity index is 888. The average molecular weight is 278 g/mol. The number of azo groups is 1. The summed E-state index contributed by atoms with van der Waals surface area (Å²) in [6.07, 6.45) is 3.80. The van der Waals surface area contributed by atoms with Crippen molar-refractivity contribution < 1.29 is 9.53 Å². The minimum atomic E-state index is -0.255. The van der Waals surface area contributed by atoms with Gasteiger partial charge in [-0.15, -0.1) is 5.11 Å². The molecule has 1 unspecified atom stereocenters. The number of rotatable bonds is 2. The molecule has 104 valence electrons. The minimum Gasteiger partial charge on any atom is -0.462 e. The summed E-state index contributed by atoms with van der Waals surface area (Å²) in [6, 6.07) is 5.98. The molecule has 0 saturated carbocycles. The molecule has 4 rings (SSSR count). The Labute approximate surface area is 121 Å². The van der Waals surface area contributed by atoms with Crippen LogP contribution in [0.15, 0.2) is 46.3 Å². The second-order valence-corrected chi connectivity index (χ2v) is 5.34. The molecule has 0 bridgehead atoms. The van der Waals surface area contributed by atoms with E-state index in [4.69, 9.17) is 4.74 Å². The first-order valence-electron chi connectivity index (χ1n) is 7.11. The van der Waals surface area contributed by atoms with Crippen LogP contribution < -0.4 is 10.4 Å². The van der Waals surface area contributed by atoms with Gasteiger partial charge in [0.1, 0.15) is 5.70 Å². The zero-order chi connectivity index (χ0) is 14.6. The highest BCUT2D eigenvalue weighted by molar-refractivity contribution is 6.18. The second-order valence-electron chi connectivity index (χ2n) is 5.34. The van der Waals surface area contributed by atoms with E-state index in [2.05, 4.69) is 17.2 Å². The molecule has 1 atom stereocenters. The zero-order valence-corrected chi connectivity index (χ0v) is 11.9. The molecule has 1 heterocycles. The lowest BCUT2D eigenvalue weighted by Crippen LogP contribution is -2.32. The summed E-state index contributed by atoms with van der Waals surface area (Å²) in [5.41, 5.74) is 4.82. The predicted molar refractivity (Wildman–Crippen MR) is 79.2 cm³/mol. The van der Waals surface area contributed by atoms with E-state index in [9.17, 15) is 4.79 Å². The number of benzene rings is 1. The standard InChI is InChI=1S/C17H14N2O2/c1-3-21-17(20)12-7-9(2)14-13-8-18-19-16(13)11-6-4-5-10(12)15(11)14/h4-9H,3H2,1-2H3. The summed E-state index contributed by atoms with van der Waals surface area (Å²) >= 11 is 0. The van der Waals surface area contributed by atoms with E-state index in [1.165, 1.54) is 5.57 Å². The van der Waals surface area contributed by atoms with Crippen molar-refractivity contribution in [2.75, 3.05) is 6.61 Å². The molecule has 0 fully saturated rings. The van der Waals surface area contributed by atoms with E-state index in [1.54, 1.807) is 0 Å². The molecule has 2 aliphatic carbocycles. The van der Waals surface area contributed by atoms with Crippen molar-refractivity contribution >= 4 is 22.8 Å². The number of nitrogens with zero attached hydrogens (tertiary/aromatic N) is 2. The molecule has 0 spiro atoms. The molecule has 0 N–H and O–H groups in total. The van der Waals surface area contributed by atoms with Crippen LogP contribution in [0.1, 0.15) is 19.4 Å². The van der Waals surface area contributed by atoms with E-state index in [-0.39, 0.29) is 11.9 Å². The van der Waals surface area contributed by atoms with Crippen molar-refractivity contribution in [1.29, 1.82) is 0 Å². The highest BCUT2D eigenvalue weighted by Crippen LogP contribution is 2.38. The zero-order valence-electron chi connectivity index (χ0n) is 11.9. The Morgan fingerprint density at radius 3 is 3.05 bits per heavy atom. The maximum Gasteiger partial charge on any atom is 0.338 e. The Hall–Kier alpha value is -2.49. The number of carbonyl (C=O) groups excluding carboxylic acids is 1. The summed E-state index contributed by atoms with van der Waals surface area (Å²) in [5.74, 6) is -0.111. The molecule has 1 aromatic rings. The van der Waals surface area contributed by atoms with Gasteiger partial charge in [-0.2, -0.15) is 5.11 Å². The van der Waals surface area contributed by atoms with Gasteiger partial charge in [-0.05, 0) is 23.3 Å². The predicted octanol–water partition coefficient (Wildman–Crippen LogP) is 1.91. The molecule has 1 aromatic carbocycles. The number of esters is 1. The molecule has 21 heavy (non-hydrogen) atoms. The van der Waals surface area contributed by atoms with Gasteiger partial charge in [-0.3, -0.25) is 0 Å². The van der Waals surface area contributed by atoms with E-state index in [0.717, 1.165) is 27.3 Å². The first-order chi connectivity index (χ1) is 10.2. The maximum absolute atomic E-state index is 12.2. The van der Waals surface area contributed by atoms with Crippen LogP contribution in [0.4, 0.5) is 0 Å². The van der Waals surface area contributed by atoms with Gasteiger partial charge in [0, 0.05) is 16.7 Å². The molecule has 4 heteroatoms. The van der Waals surface area contributed by atoms with E-state index >= 15 is 0 Å². The third-order valence-corrected chi connectivity index (χ3v) is 4.14. The van der Waals surface area contributed by atoms with Crippen LogP contribution in [0.3, 0.4) is 0 Å². The molecule has 0 amide bonds. The van der Waals surface area contributed by atoms with Crippen LogP contribution >= 0.6 is 0 Å². The first kappa shape index (κ1) is 12.3. The number of ether oxygens (including phenoxy) is 1. The topological polar surface area (TPSA) is 51.0 Å². The lowest BCUT2D eigenvalue weighted by molar-refractivity contribution is -0.136. The molecule has 1 aliphatic heterocycles. The first-order valence-corrected chi connectivity index (χ1v) is 7.11. The van der Waals surface area contributed by atoms with Crippen LogP contribution in [0.5, 0.6) is 0 Å². The SMILES string of the molecule is CCOC(=O)C1=CC(C)C2=c3c1cccc3=C1N=NC=C12. The molecule has 0 saturated heterocycles. The lowest BCUT2D eigenvalue weighted by Gasteiger charge is -2.19. The molecular formula is C17H14N2O2. The molecule has 0 aromatic heterocycles. The Kier molecular flexibility index (Phi) is 2.48.